The van der Waals surface area contributed by atoms with Crippen LogP contribution in [-0.2, 0) is 0 Å². The number of nitrogen functional groups attached to an aromatic ring is 1. The summed E-state index contributed by atoms with van der Waals surface area (Å²) in [5.41, 5.74) is 2.54. The summed E-state index contributed by atoms with van der Waals surface area (Å²) < 4.78 is 13.5. The average molecular weight is 293 g/mol. The number of nitrogens with one attached hydrogen (secondary N) is 2. The van der Waals surface area contributed by atoms with E-state index in [-0.39, 0.29) is 17.2 Å². The van der Waals surface area contributed by atoms with Gasteiger partial charge in [0.15, 0.2) is 0 Å². The third kappa shape index (κ3) is 4.17. The molecule has 1 amide bonds. The first-order valence-electron chi connectivity index (χ1n) is 7.65. The van der Waals surface area contributed by atoms with Crippen LogP contribution in [0, 0.1) is 17.7 Å². The molecular formula is C16H24FN3O. The van der Waals surface area contributed by atoms with Crippen molar-refractivity contribution in [2.45, 2.75) is 39.0 Å². The number of hydrogen-bond donors (Lipinski definition) is 3. The summed E-state index contributed by atoms with van der Waals surface area (Å²) in [6, 6.07) is 4.35. The number of anilines is 1. The molecule has 1 aliphatic rings. The number of hydrogen-bond acceptors (Lipinski definition) is 3. The summed E-state index contributed by atoms with van der Waals surface area (Å²) >= 11 is 0. The molecule has 1 aliphatic carbocycles. The number of benzene rings is 1. The van der Waals surface area contributed by atoms with Crippen LogP contribution < -0.4 is 16.6 Å². The fourth-order valence-corrected chi connectivity index (χ4v) is 3.17. The number of nitrogens with two attached hydrogens (primary N) is 1. The maximum absolute atomic E-state index is 13.5. The largest absolute Gasteiger partial charge is 0.352 e. The van der Waals surface area contributed by atoms with E-state index in [0.29, 0.717) is 12.5 Å². The zero-order valence-corrected chi connectivity index (χ0v) is 12.5. The summed E-state index contributed by atoms with van der Waals surface area (Å²) in [4.78, 5) is 12.1. The van der Waals surface area contributed by atoms with Gasteiger partial charge in [-0.15, -0.1) is 0 Å². The van der Waals surface area contributed by atoms with E-state index in [2.05, 4.69) is 17.7 Å². The molecule has 1 saturated carbocycles. The van der Waals surface area contributed by atoms with Gasteiger partial charge >= 0.3 is 0 Å². The maximum atomic E-state index is 13.5. The molecule has 1 aromatic rings. The predicted molar refractivity (Wildman–Crippen MR) is 82.3 cm³/mol. The van der Waals surface area contributed by atoms with Gasteiger partial charge in [0.2, 0.25) is 0 Å². The van der Waals surface area contributed by atoms with Gasteiger partial charge in [-0.1, -0.05) is 32.3 Å². The maximum Gasteiger partial charge on any atom is 0.253 e. The Morgan fingerprint density at radius 2 is 2.24 bits per heavy atom. The van der Waals surface area contributed by atoms with Crippen molar-refractivity contribution in [1.29, 1.82) is 0 Å². The predicted octanol–water partition coefficient (Wildman–Crippen LogP) is 3.06. The molecule has 4 nitrogen and oxygen atoms in total. The molecule has 0 saturated heterocycles. The first-order chi connectivity index (χ1) is 10.1. The van der Waals surface area contributed by atoms with Gasteiger partial charge in [0.05, 0.1) is 11.3 Å². The van der Waals surface area contributed by atoms with E-state index in [0.717, 1.165) is 12.3 Å². The fraction of sp³-hybridized carbons (Fsp3) is 0.562. The first-order valence-corrected chi connectivity index (χ1v) is 7.65. The van der Waals surface area contributed by atoms with Gasteiger partial charge < -0.3 is 10.7 Å². The highest BCUT2D eigenvalue weighted by molar-refractivity contribution is 5.99. The number of rotatable bonds is 5. The fourth-order valence-electron chi connectivity index (χ4n) is 3.17. The van der Waals surface area contributed by atoms with Crippen LogP contribution in [0.15, 0.2) is 18.2 Å². The zero-order chi connectivity index (χ0) is 15.2. The number of carbonyl (C=O) groups is 1. The van der Waals surface area contributed by atoms with E-state index in [9.17, 15) is 9.18 Å². The van der Waals surface area contributed by atoms with Crippen molar-refractivity contribution in [1.82, 2.24) is 5.32 Å². The second kappa shape index (κ2) is 7.41. The van der Waals surface area contributed by atoms with Gasteiger partial charge in [0, 0.05) is 6.54 Å². The highest BCUT2D eigenvalue weighted by Crippen LogP contribution is 2.30. The normalized spacial score (nSPS) is 21.9. The lowest BCUT2D eigenvalue weighted by Gasteiger charge is -2.26. The van der Waals surface area contributed by atoms with Gasteiger partial charge in [0.1, 0.15) is 5.82 Å². The molecular weight excluding hydrogens is 269 g/mol. The van der Waals surface area contributed by atoms with Crippen molar-refractivity contribution in [3.05, 3.63) is 29.6 Å². The number of hydrazine groups is 1. The summed E-state index contributed by atoms with van der Waals surface area (Å²) in [7, 11) is 0. The van der Waals surface area contributed by atoms with Crippen LogP contribution in [0.2, 0.25) is 0 Å². The smallest absolute Gasteiger partial charge is 0.253 e. The number of halogens is 1. The van der Waals surface area contributed by atoms with E-state index in [1.807, 2.05) is 0 Å². The van der Waals surface area contributed by atoms with Crippen molar-refractivity contribution in [3.63, 3.8) is 0 Å². The third-order valence-corrected chi connectivity index (χ3v) is 4.29. The van der Waals surface area contributed by atoms with E-state index in [1.54, 1.807) is 6.07 Å². The molecule has 116 valence electrons. The zero-order valence-electron chi connectivity index (χ0n) is 12.5. The second-order valence-electron chi connectivity index (χ2n) is 5.99. The molecule has 0 spiro atoms. The second-order valence-corrected chi connectivity index (χ2v) is 5.99. The quantitative estimate of drug-likeness (QED) is 0.577. The van der Waals surface area contributed by atoms with Gasteiger partial charge in [-0.25, -0.2) is 4.39 Å². The Labute approximate surface area is 125 Å². The molecule has 21 heavy (non-hydrogen) atoms. The highest BCUT2D eigenvalue weighted by Gasteiger charge is 2.19. The number of carbonyl (C=O) groups excluding carboxylic acids is 1. The van der Waals surface area contributed by atoms with Crippen molar-refractivity contribution in [2.75, 3.05) is 12.0 Å². The molecule has 2 rings (SSSR count). The van der Waals surface area contributed by atoms with E-state index in [4.69, 9.17) is 5.84 Å². The Bertz CT molecular complexity index is 492. The topological polar surface area (TPSA) is 67.2 Å². The van der Waals surface area contributed by atoms with Gasteiger partial charge in [0.25, 0.3) is 5.91 Å². The molecule has 4 N–H and O–H groups in total. The van der Waals surface area contributed by atoms with Crippen molar-refractivity contribution < 1.29 is 9.18 Å². The highest BCUT2D eigenvalue weighted by atomic mass is 19.1. The van der Waals surface area contributed by atoms with E-state index in [1.165, 1.54) is 37.8 Å². The average Bonchev–Trinajstić information content (AvgIpc) is 2.47. The molecule has 1 aromatic carbocycles. The lowest BCUT2D eigenvalue weighted by Crippen LogP contribution is -2.28. The van der Waals surface area contributed by atoms with Crippen LogP contribution in [-0.4, -0.2) is 12.5 Å². The molecule has 1 fully saturated rings. The van der Waals surface area contributed by atoms with Crippen molar-refractivity contribution in [2.24, 2.45) is 17.7 Å². The molecule has 2 atom stereocenters. The van der Waals surface area contributed by atoms with Crippen LogP contribution in [0.1, 0.15) is 49.4 Å². The summed E-state index contributed by atoms with van der Waals surface area (Å²) in [6.45, 7) is 2.91. The third-order valence-electron chi connectivity index (χ3n) is 4.29. The van der Waals surface area contributed by atoms with E-state index < -0.39 is 5.82 Å². The van der Waals surface area contributed by atoms with Crippen molar-refractivity contribution >= 4 is 11.6 Å². The number of para-hydroxylation sites is 1. The first kappa shape index (κ1) is 15.8. The molecule has 0 heterocycles. The summed E-state index contributed by atoms with van der Waals surface area (Å²) in [5.74, 6) is 5.95. The van der Waals surface area contributed by atoms with Crippen LogP contribution in [0.25, 0.3) is 0 Å². The van der Waals surface area contributed by atoms with Gasteiger partial charge in [-0.3, -0.25) is 10.6 Å². The minimum absolute atomic E-state index is 0.0429. The molecule has 0 bridgehead atoms. The molecule has 2 unspecified atom stereocenters. The standard InChI is InChI=1S/C16H24FN3O/c1-11-4-2-5-12(10-11)8-9-19-16(21)13-6-3-7-14(17)15(13)20-18/h3,6-7,11-12,20H,2,4-5,8-10,18H2,1H3,(H,19,21). The van der Waals surface area contributed by atoms with Crippen LogP contribution >= 0.6 is 0 Å². The molecule has 0 radical (unpaired) electrons. The molecule has 0 aromatic heterocycles. The van der Waals surface area contributed by atoms with Gasteiger partial charge in [-0.2, -0.15) is 0 Å². The number of amides is 1. The Hall–Kier alpha value is -1.62. The molecule has 5 heteroatoms. The van der Waals surface area contributed by atoms with E-state index >= 15 is 0 Å². The minimum atomic E-state index is -0.522. The van der Waals surface area contributed by atoms with Crippen molar-refractivity contribution in [3.8, 4) is 0 Å². The Morgan fingerprint density at radius 1 is 1.43 bits per heavy atom. The lowest BCUT2D eigenvalue weighted by molar-refractivity contribution is 0.0950. The lowest BCUT2D eigenvalue weighted by atomic mass is 9.81. The summed E-state index contributed by atoms with van der Waals surface area (Å²) in [5, 5.41) is 2.86. The Morgan fingerprint density at radius 3 is 2.95 bits per heavy atom. The monoisotopic (exact) mass is 293 g/mol. The van der Waals surface area contributed by atoms with Crippen LogP contribution in [0.5, 0.6) is 0 Å². The minimum Gasteiger partial charge on any atom is -0.352 e. The Kier molecular flexibility index (Phi) is 5.56. The molecule has 0 aliphatic heterocycles. The van der Waals surface area contributed by atoms with Crippen LogP contribution in [0.4, 0.5) is 10.1 Å². The Balaban J connectivity index is 1.86. The van der Waals surface area contributed by atoms with Gasteiger partial charge in [-0.05, 0) is 36.8 Å². The SMILES string of the molecule is CC1CCCC(CCNC(=O)c2cccc(F)c2NN)C1. The summed E-state index contributed by atoms with van der Waals surface area (Å²) in [6.07, 6.45) is 6.07. The van der Waals surface area contributed by atoms with Crippen LogP contribution in [0.3, 0.4) is 0 Å².